The van der Waals surface area contributed by atoms with E-state index in [0.29, 0.717) is 0 Å². The molecule has 0 amide bonds. The standard InChI is InChI=1S/C10H12BNO/c1-2-9-3-5-10(6-4-9)11-12-7-8-13-11/h2-6,12H,1,7-8H2. The molecule has 0 spiro atoms. The lowest BCUT2D eigenvalue weighted by Gasteiger charge is -2.04. The molecule has 66 valence electrons. The van der Waals surface area contributed by atoms with Crippen molar-refractivity contribution >= 4 is 18.6 Å². The molecule has 2 nitrogen and oxygen atoms in total. The second-order valence-electron chi connectivity index (χ2n) is 3.08. The molecule has 1 N–H and O–H groups in total. The molecular weight excluding hydrogens is 161 g/mol. The van der Waals surface area contributed by atoms with Crippen molar-refractivity contribution in [2.45, 2.75) is 0 Å². The van der Waals surface area contributed by atoms with E-state index >= 15 is 0 Å². The predicted octanol–water partition coefficient (Wildman–Crippen LogP) is 0.645. The first-order valence-electron chi connectivity index (χ1n) is 4.47. The first kappa shape index (κ1) is 8.54. The Balaban J connectivity index is 2.16. The topological polar surface area (TPSA) is 21.3 Å². The van der Waals surface area contributed by atoms with E-state index in [4.69, 9.17) is 4.65 Å². The summed E-state index contributed by atoms with van der Waals surface area (Å²) < 4.78 is 5.48. The van der Waals surface area contributed by atoms with Crippen LogP contribution < -0.4 is 10.7 Å². The molecule has 0 aliphatic carbocycles. The van der Waals surface area contributed by atoms with Gasteiger partial charge in [0, 0.05) is 13.2 Å². The lowest BCUT2D eigenvalue weighted by atomic mass is 9.74. The molecule has 0 atom stereocenters. The Bertz CT molecular complexity index is 290. The summed E-state index contributed by atoms with van der Waals surface area (Å²) in [5.41, 5.74) is 2.32. The molecule has 0 aromatic heterocycles. The van der Waals surface area contributed by atoms with E-state index in [-0.39, 0.29) is 7.05 Å². The Labute approximate surface area is 78.7 Å². The van der Waals surface area contributed by atoms with Crippen LogP contribution >= 0.6 is 0 Å². The van der Waals surface area contributed by atoms with E-state index in [1.54, 1.807) is 0 Å². The zero-order chi connectivity index (χ0) is 9.10. The molecule has 1 fully saturated rings. The van der Waals surface area contributed by atoms with Crippen LogP contribution in [0.4, 0.5) is 0 Å². The van der Waals surface area contributed by atoms with Crippen molar-refractivity contribution in [3.05, 3.63) is 36.4 Å². The zero-order valence-corrected chi connectivity index (χ0v) is 7.49. The molecule has 3 heteroatoms. The van der Waals surface area contributed by atoms with Gasteiger partial charge in [0.1, 0.15) is 0 Å². The fourth-order valence-electron chi connectivity index (χ4n) is 1.45. The van der Waals surface area contributed by atoms with E-state index in [9.17, 15) is 0 Å². The van der Waals surface area contributed by atoms with E-state index in [0.717, 1.165) is 18.7 Å². The maximum Gasteiger partial charge on any atom is 0.415 e. The van der Waals surface area contributed by atoms with Gasteiger partial charge in [0.25, 0.3) is 0 Å². The van der Waals surface area contributed by atoms with Gasteiger partial charge in [-0.3, -0.25) is 0 Å². The van der Waals surface area contributed by atoms with E-state index in [1.165, 1.54) is 5.46 Å². The third-order valence-electron chi connectivity index (χ3n) is 2.19. The van der Waals surface area contributed by atoms with Crippen LogP contribution in [0.25, 0.3) is 6.08 Å². The summed E-state index contributed by atoms with van der Waals surface area (Å²) >= 11 is 0. The molecule has 0 radical (unpaired) electrons. The molecule has 1 aliphatic rings. The minimum absolute atomic E-state index is 0.0823. The number of rotatable bonds is 2. The summed E-state index contributed by atoms with van der Waals surface area (Å²) in [4.78, 5) is 0. The zero-order valence-electron chi connectivity index (χ0n) is 7.49. The van der Waals surface area contributed by atoms with Gasteiger partial charge in [-0.1, -0.05) is 36.9 Å². The van der Waals surface area contributed by atoms with Gasteiger partial charge in [-0.05, 0) is 11.0 Å². The smallest absolute Gasteiger partial charge is 0.415 e. The minimum atomic E-state index is 0.0823. The highest BCUT2D eigenvalue weighted by atomic mass is 16.5. The first-order valence-corrected chi connectivity index (χ1v) is 4.47. The molecule has 0 bridgehead atoms. The van der Waals surface area contributed by atoms with Crippen molar-refractivity contribution in [3.63, 3.8) is 0 Å². The van der Waals surface area contributed by atoms with Crippen LogP contribution in [0.5, 0.6) is 0 Å². The SMILES string of the molecule is C=Cc1ccc(B2NCCO2)cc1. The van der Waals surface area contributed by atoms with Gasteiger partial charge in [-0.2, -0.15) is 0 Å². The van der Waals surface area contributed by atoms with Crippen LogP contribution in [0.2, 0.25) is 0 Å². The second kappa shape index (κ2) is 3.77. The van der Waals surface area contributed by atoms with E-state index in [1.807, 2.05) is 18.2 Å². The Morgan fingerprint density at radius 2 is 2.15 bits per heavy atom. The summed E-state index contributed by atoms with van der Waals surface area (Å²) in [5, 5.41) is 3.26. The van der Waals surface area contributed by atoms with Crippen molar-refractivity contribution in [2.24, 2.45) is 0 Å². The second-order valence-corrected chi connectivity index (χ2v) is 3.08. The van der Waals surface area contributed by atoms with Crippen molar-refractivity contribution in [2.75, 3.05) is 13.2 Å². The maximum absolute atomic E-state index is 5.48. The Morgan fingerprint density at radius 1 is 1.38 bits per heavy atom. The fourth-order valence-corrected chi connectivity index (χ4v) is 1.45. The summed E-state index contributed by atoms with van der Waals surface area (Å²) in [6.07, 6.45) is 1.84. The van der Waals surface area contributed by atoms with Crippen LogP contribution in [-0.2, 0) is 4.65 Å². The summed E-state index contributed by atoms with van der Waals surface area (Å²) in [5.74, 6) is 0. The van der Waals surface area contributed by atoms with Crippen molar-refractivity contribution in [3.8, 4) is 0 Å². The van der Waals surface area contributed by atoms with Crippen molar-refractivity contribution < 1.29 is 4.65 Å². The van der Waals surface area contributed by atoms with Crippen LogP contribution in [0.3, 0.4) is 0 Å². The van der Waals surface area contributed by atoms with Gasteiger partial charge in [0.15, 0.2) is 0 Å². The summed E-state index contributed by atoms with van der Waals surface area (Å²) in [7, 11) is 0.0823. The van der Waals surface area contributed by atoms with Crippen LogP contribution in [0.15, 0.2) is 30.8 Å². The third-order valence-corrected chi connectivity index (χ3v) is 2.19. The van der Waals surface area contributed by atoms with Crippen LogP contribution in [0.1, 0.15) is 5.56 Å². The normalized spacial score (nSPS) is 16.2. The van der Waals surface area contributed by atoms with Crippen LogP contribution in [-0.4, -0.2) is 20.2 Å². The van der Waals surface area contributed by atoms with Gasteiger partial charge in [0.05, 0.1) is 0 Å². The quantitative estimate of drug-likeness (QED) is 0.662. The molecule has 1 aromatic rings. The highest BCUT2D eigenvalue weighted by Gasteiger charge is 2.22. The lowest BCUT2D eigenvalue weighted by molar-refractivity contribution is 0.376. The average molecular weight is 173 g/mol. The van der Waals surface area contributed by atoms with Gasteiger partial charge in [-0.25, -0.2) is 0 Å². The molecule has 1 heterocycles. The van der Waals surface area contributed by atoms with Gasteiger partial charge in [0.2, 0.25) is 0 Å². The molecule has 0 saturated carbocycles. The molecule has 1 aromatic carbocycles. The number of hydrogen-bond donors (Lipinski definition) is 1. The van der Waals surface area contributed by atoms with E-state index < -0.39 is 0 Å². The number of nitrogens with one attached hydrogen (secondary N) is 1. The highest BCUT2D eigenvalue weighted by Crippen LogP contribution is 2.00. The Kier molecular flexibility index (Phi) is 2.48. The molecule has 13 heavy (non-hydrogen) atoms. The fraction of sp³-hybridized carbons (Fsp3) is 0.200. The highest BCUT2D eigenvalue weighted by molar-refractivity contribution is 6.65. The number of hydrogen-bond acceptors (Lipinski definition) is 2. The minimum Gasteiger partial charge on any atom is -0.416 e. The third kappa shape index (κ3) is 1.82. The largest absolute Gasteiger partial charge is 0.416 e. The monoisotopic (exact) mass is 173 g/mol. The van der Waals surface area contributed by atoms with Gasteiger partial charge in [-0.15, -0.1) is 0 Å². The van der Waals surface area contributed by atoms with Crippen molar-refractivity contribution in [1.82, 2.24) is 5.23 Å². The number of benzene rings is 1. The molecule has 2 rings (SSSR count). The average Bonchev–Trinajstić information content (AvgIpc) is 2.71. The Hall–Kier alpha value is -1.06. The summed E-state index contributed by atoms with van der Waals surface area (Å²) in [6, 6.07) is 8.23. The first-order chi connectivity index (χ1) is 6.40. The van der Waals surface area contributed by atoms with Crippen LogP contribution in [0, 0.1) is 0 Å². The van der Waals surface area contributed by atoms with E-state index in [2.05, 4.69) is 23.9 Å². The molecular formula is C10H12BNO. The summed E-state index contributed by atoms with van der Waals surface area (Å²) in [6.45, 7) is 5.45. The maximum atomic E-state index is 5.48. The van der Waals surface area contributed by atoms with Gasteiger partial charge >= 0.3 is 7.05 Å². The lowest BCUT2D eigenvalue weighted by Crippen LogP contribution is -2.41. The predicted molar refractivity (Wildman–Crippen MR) is 55.9 cm³/mol. The van der Waals surface area contributed by atoms with Crippen molar-refractivity contribution in [1.29, 1.82) is 0 Å². The molecule has 1 saturated heterocycles. The molecule has 1 aliphatic heterocycles. The Morgan fingerprint density at radius 3 is 2.69 bits per heavy atom. The molecule has 0 unspecified atom stereocenters. The van der Waals surface area contributed by atoms with Gasteiger partial charge < -0.3 is 9.88 Å².